The number of anilines is 1. The Labute approximate surface area is 186 Å². The molecule has 0 unspecified atom stereocenters. The number of hydrogen-bond acceptors (Lipinski definition) is 5. The molecule has 6 nitrogen and oxygen atoms in total. The molecular weight excluding hydrogens is 475 g/mol. The first-order valence-corrected chi connectivity index (χ1v) is 10.1. The quantitative estimate of drug-likeness (QED) is 0.384. The molecule has 0 bridgehead atoms. The smallest absolute Gasteiger partial charge is 0.270 e. The zero-order valence-electron chi connectivity index (χ0n) is 16.4. The lowest BCUT2D eigenvalue weighted by Crippen LogP contribution is -2.54. The molecule has 0 radical (unpaired) electrons. The number of nitrogens with one attached hydrogen (secondary N) is 1. The third-order valence-corrected chi connectivity index (χ3v) is 4.96. The van der Waals surface area contributed by atoms with Crippen molar-refractivity contribution < 1.29 is 23.5 Å². The molecule has 1 fully saturated rings. The molecule has 156 valence electrons. The molecule has 3 rings (SSSR count). The second kappa shape index (κ2) is 8.93. The minimum absolute atomic E-state index is 0.0778. The molecule has 1 heterocycles. The van der Waals surface area contributed by atoms with Gasteiger partial charge in [0, 0.05) is 0 Å². The summed E-state index contributed by atoms with van der Waals surface area (Å²) in [5, 5.41) is 2.35. The molecule has 1 N–H and O–H groups in total. The third kappa shape index (κ3) is 4.52. The number of halogens is 2. The highest BCUT2D eigenvalue weighted by Gasteiger charge is 2.34. The number of rotatable bonds is 5. The van der Waals surface area contributed by atoms with E-state index in [2.05, 4.69) is 21.2 Å². The molecule has 0 atom stereocenters. The van der Waals surface area contributed by atoms with E-state index < -0.39 is 17.6 Å². The van der Waals surface area contributed by atoms with E-state index in [1.54, 1.807) is 12.1 Å². The number of ether oxygens (including phenoxy) is 2. The summed E-state index contributed by atoms with van der Waals surface area (Å²) >= 11 is 8.56. The molecule has 2 aromatic carbocycles. The first-order valence-electron chi connectivity index (χ1n) is 8.92. The van der Waals surface area contributed by atoms with Crippen molar-refractivity contribution in [3.63, 3.8) is 0 Å². The normalized spacial score (nSPS) is 15.6. The molecule has 0 aliphatic carbocycles. The van der Waals surface area contributed by atoms with Gasteiger partial charge >= 0.3 is 0 Å². The van der Waals surface area contributed by atoms with Crippen LogP contribution in [0.25, 0.3) is 6.08 Å². The molecule has 2 aromatic rings. The van der Waals surface area contributed by atoms with Crippen LogP contribution in [0, 0.1) is 5.82 Å². The van der Waals surface area contributed by atoms with Crippen LogP contribution in [0.3, 0.4) is 0 Å². The van der Waals surface area contributed by atoms with E-state index in [9.17, 15) is 14.0 Å². The number of nitrogens with zero attached hydrogens (tertiary/aromatic N) is 1. The molecule has 2 amide bonds. The first-order chi connectivity index (χ1) is 14.2. The summed E-state index contributed by atoms with van der Waals surface area (Å²) in [6, 6.07) is 8.75. The molecule has 0 spiro atoms. The molecule has 1 aliphatic rings. The summed E-state index contributed by atoms with van der Waals surface area (Å²) in [7, 11) is 1.49. The standard InChI is InChI=1S/C21H18BrFN2O4S/c1-11(2)29-18-16(22)8-12(9-17(18)28-3)7-15-19(26)24-21(30)25(20(15)27)14-6-4-5-13(23)10-14/h4-11H,1-3H3,(H,24,26,30)/b15-7+. The van der Waals surface area contributed by atoms with Gasteiger partial charge in [-0.3, -0.25) is 19.8 Å². The summed E-state index contributed by atoms with van der Waals surface area (Å²) in [6.45, 7) is 3.77. The van der Waals surface area contributed by atoms with Gasteiger partial charge in [0.25, 0.3) is 11.8 Å². The van der Waals surface area contributed by atoms with Crippen LogP contribution in [0.4, 0.5) is 10.1 Å². The summed E-state index contributed by atoms with van der Waals surface area (Å²) < 4.78 is 25.4. The van der Waals surface area contributed by atoms with E-state index in [-0.39, 0.29) is 22.5 Å². The van der Waals surface area contributed by atoms with Crippen molar-refractivity contribution in [2.75, 3.05) is 12.0 Å². The number of carbonyl (C=O) groups is 2. The Morgan fingerprint density at radius 2 is 1.97 bits per heavy atom. The lowest BCUT2D eigenvalue weighted by atomic mass is 10.1. The van der Waals surface area contributed by atoms with Crippen LogP contribution in [-0.4, -0.2) is 30.1 Å². The van der Waals surface area contributed by atoms with Gasteiger partial charge in [-0.2, -0.15) is 0 Å². The summed E-state index contributed by atoms with van der Waals surface area (Å²) in [5.74, 6) is -0.884. The van der Waals surface area contributed by atoms with Crippen molar-refractivity contribution in [3.8, 4) is 11.5 Å². The van der Waals surface area contributed by atoms with E-state index in [4.69, 9.17) is 21.7 Å². The van der Waals surface area contributed by atoms with Crippen LogP contribution in [0.2, 0.25) is 0 Å². The molecule has 0 aromatic heterocycles. The summed E-state index contributed by atoms with van der Waals surface area (Å²) in [6.07, 6.45) is 1.34. The molecule has 1 saturated heterocycles. The number of carbonyl (C=O) groups excluding carboxylic acids is 2. The van der Waals surface area contributed by atoms with Crippen molar-refractivity contribution in [1.29, 1.82) is 0 Å². The maximum atomic E-state index is 13.6. The van der Waals surface area contributed by atoms with E-state index in [0.717, 1.165) is 11.0 Å². The van der Waals surface area contributed by atoms with Crippen molar-refractivity contribution >= 4 is 56.8 Å². The van der Waals surface area contributed by atoms with Gasteiger partial charge in [0.1, 0.15) is 11.4 Å². The van der Waals surface area contributed by atoms with Gasteiger partial charge in [-0.1, -0.05) is 6.07 Å². The van der Waals surface area contributed by atoms with Crippen LogP contribution in [0.1, 0.15) is 19.4 Å². The van der Waals surface area contributed by atoms with Crippen LogP contribution in [-0.2, 0) is 9.59 Å². The van der Waals surface area contributed by atoms with Crippen molar-refractivity contribution in [2.24, 2.45) is 0 Å². The van der Waals surface area contributed by atoms with Gasteiger partial charge in [-0.25, -0.2) is 4.39 Å². The fraction of sp³-hybridized carbons (Fsp3) is 0.190. The van der Waals surface area contributed by atoms with Crippen LogP contribution in [0.15, 0.2) is 46.4 Å². The monoisotopic (exact) mass is 492 g/mol. The SMILES string of the molecule is COc1cc(/C=C2\C(=O)NC(=S)N(c3cccc(F)c3)C2=O)cc(Br)c1OC(C)C. The van der Waals surface area contributed by atoms with Crippen molar-refractivity contribution in [1.82, 2.24) is 5.32 Å². The molecular formula is C21H18BrFN2O4S. The van der Waals surface area contributed by atoms with E-state index >= 15 is 0 Å². The Kier molecular flexibility index (Phi) is 6.52. The van der Waals surface area contributed by atoms with Gasteiger partial charge in [0.05, 0.1) is 23.4 Å². The average molecular weight is 493 g/mol. The maximum absolute atomic E-state index is 13.6. The Balaban J connectivity index is 2.03. The fourth-order valence-corrected chi connectivity index (χ4v) is 3.68. The second-order valence-corrected chi connectivity index (χ2v) is 7.88. The van der Waals surface area contributed by atoms with Crippen molar-refractivity contribution in [2.45, 2.75) is 20.0 Å². The Morgan fingerprint density at radius 3 is 2.60 bits per heavy atom. The molecule has 9 heteroatoms. The number of methoxy groups -OCH3 is 1. The highest BCUT2D eigenvalue weighted by Crippen LogP contribution is 2.38. The molecule has 0 saturated carbocycles. The number of amides is 2. The van der Waals surface area contributed by atoms with Crippen LogP contribution >= 0.6 is 28.1 Å². The van der Waals surface area contributed by atoms with Crippen molar-refractivity contribution in [3.05, 3.63) is 57.8 Å². The lowest BCUT2D eigenvalue weighted by molar-refractivity contribution is -0.122. The Bertz CT molecular complexity index is 1070. The second-order valence-electron chi connectivity index (χ2n) is 6.64. The minimum Gasteiger partial charge on any atom is -0.493 e. The van der Waals surface area contributed by atoms with Gasteiger partial charge in [0.15, 0.2) is 16.6 Å². The summed E-state index contributed by atoms with van der Waals surface area (Å²) in [5.41, 5.74) is 0.593. The molecule has 30 heavy (non-hydrogen) atoms. The highest BCUT2D eigenvalue weighted by molar-refractivity contribution is 9.10. The zero-order valence-corrected chi connectivity index (χ0v) is 18.8. The zero-order chi connectivity index (χ0) is 22.0. The lowest BCUT2D eigenvalue weighted by Gasteiger charge is -2.29. The number of benzene rings is 2. The Hall–Kier alpha value is -2.78. The van der Waals surface area contributed by atoms with Gasteiger partial charge in [0.2, 0.25) is 0 Å². The predicted octanol–water partition coefficient (Wildman–Crippen LogP) is 4.22. The maximum Gasteiger partial charge on any atom is 0.270 e. The van der Waals surface area contributed by atoms with Gasteiger partial charge in [-0.05, 0) is 84.0 Å². The fourth-order valence-electron chi connectivity index (χ4n) is 2.85. The minimum atomic E-state index is -0.660. The van der Waals surface area contributed by atoms with Gasteiger partial charge in [-0.15, -0.1) is 0 Å². The van der Waals surface area contributed by atoms with Crippen LogP contribution < -0.4 is 19.7 Å². The topological polar surface area (TPSA) is 67.9 Å². The van der Waals surface area contributed by atoms with Crippen LogP contribution in [0.5, 0.6) is 11.5 Å². The average Bonchev–Trinajstić information content (AvgIpc) is 2.66. The largest absolute Gasteiger partial charge is 0.493 e. The summed E-state index contributed by atoms with van der Waals surface area (Å²) in [4.78, 5) is 26.6. The molecule has 1 aliphatic heterocycles. The van der Waals surface area contributed by atoms with E-state index in [1.165, 1.54) is 31.4 Å². The third-order valence-electron chi connectivity index (χ3n) is 4.08. The predicted molar refractivity (Wildman–Crippen MR) is 119 cm³/mol. The van der Waals surface area contributed by atoms with E-state index in [0.29, 0.717) is 21.5 Å². The highest BCUT2D eigenvalue weighted by atomic mass is 79.9. The number of hydrogen-bond donors (Lipinski definition) is 1. The van der Waals surface area contributed by atoms with Gasteiger partial charge < -0.3 is 9.47 Å². The van der Waals surface area contributed by atoms with E-state index in [1.807, 2.05) is 13.8 Å². The number of thiocarbonyl (C=S) groups is 1. The Morgan fingerprint density at radius 1 is 1.23 bits per heavy atom. The first kappa shape index (κ1) is 21.9.